The molecule has 15 heavy (non-hydrogen) atoms. The highest BCUT2D eigenvalue weighted by molar-refractivity contribution is 5.70. The van der Waals surface area contributed by atoms with Crippen molar-refractivity contribution in [2.24, 2.45) is 5.73 Å². The maximum atomic E-state index is 11.2. The van der Waals surface area contributed by atoms with Gasteiger partial charge in [-0.2, -0.15) is 0 Å². The first-order valence-corrected chi connectivity index (χ1v) is 5.48. The lowest BCUT2D eigenvalue weighted by Gasteiger charge is -2.20. The van der Waals surface area contributed by atoms with Gasteiger partial charge >= 0.3 is 5.97 Å². The fourth-order valence-electron chi connectivity index (χ4n) is 1.03. The molecule has 0 rings (SSSR count). The van der Waals surface area contributed by atoms with Gasteiger partial charge in [-0.1, -0.05) is 26.7 Å². The average Bonchev–Trinajstić information content (AvgIpc) is 2.26. The van der Waals surface area contributed by atoms with Crippen LogP contribution in [-0.4, -0.2) is 24.4 Å². The molecule has 0 aliphatic rings. The Hall–Kier alpha value is -0.900. The zero-order chi connectivity index (χ0) is 11.7. The molecule has 0 aromatic rings. The third kappa shape index (κ3) is 6.23. The summed E-state index contributed by atoms with van der Waals surface area (Å²) in [5.41, 5.74) is 4.64. The molecule has 0 fully saturated rings. The summed E-state index contributed by atoms with van der Waals surface area (Å²) in [5, 5.41) is 0. The summed E-state index contributed by atoms with van der Waals surface area (Å²) >= 11 is 0. The van der Waals surface area contributed by atoms with Crippen LogP contribution in [0.2, 0.25) is 0 Å². The van der Waals surface area contributed by atoms with Crippen LogP contribution < -0.4 is 5.73 Å². The molecule has 0 aromatic heterocycles. The number of nitrogens with two attached hydrogens (primary N) is 1. The van der Waals surface area contributed by atoms with Crippen molar-refractivity contribution in [1.82, 2.24) is 0 Å². The van der Waals surface area contributed by atoms with Crippen molar-refractivity contribution in [3.05, 3.63) is 0 Å². The van der Waals surface area contributed by atoms with Gasteiger partial charge in [0.05, 0.1) is 0 Å². The first-order chi connectivity index (χ1) is 7.08. The number of aldehydes is 1. The van der Waals surface area contributed by atoms with E-state index in [1.54, 1.807) is 6.92 Å². The molecule has 0 aliphatic heterocycles. The molecule has 88 valence electrons. The van der Waals surface area contributed by atoms with E-state index in [2.05, 4.69) is 6.92 Å². The van der Waals surface area contributed by atoms with E-state index < -0.39 is 5.54 Å². The summed E-state index contributed by atoms with van der Waals surface area (Å²) < 4.78 is 4.94. The van der Waals surface area contributed by atoms with Crippen LogP contribution in [0.5, 0.6) is 0 Å². The number of unbranched alkanes of at least 4 members (excludes halogenated alkanes) is 2. The molecule has 0 amide bonds. The van der Waals surface area contributed by atoms with E-state index in [-0.39, 0.29) is 12.6 Å². The minimum atomic E-state index is -1.01. The van der Waals surface area contributed by atoms with Crippen LogP contribution in [0.25, 0.3) is 0 Å². The Morgan fingerprint density at radius 3 is 2.53 bits per heavy atom. The highest BCUT2D eigenvalue weighted by Gasteiger charge is 2.23. The molecular formula is C11H21NO3. The molecule has 0 saturated carbocycles. The van der Waals surface area contributed by atoms with Crippen LogP contribution in [0.15, 0.2) is 0 Å². The third-order valence-electron chi connectivity index (χ3n) is 2.38. The van der Waals surface area contributed by atoms with Gasteiger partial charge < -0.3 is 15.3 Å². The fourth-order valence-corrected chi connectivity index (χ4v) is 1.03. The average molecular weight is 215 g/mol. The Labute approximate surface area is 91.2 Å². The fraction of sp³-hybridized carbons (Fsp3) is 0.818. The summed E-state index contributed by atoms with van der Waals surface area (Å²) in [6.07, 6.45) is 4.44. The molecule has 0 saturated heterocycles. The van der Waals surface area contributed by atoms with Crippen molar-refractivity contribution < 1.29 is 14.3 Å². The number of esters is 1. The molecule has 0 aromatic carbocycles. The standard InChI is InChI=1S/C11H21NO3/c1-3-5-6-7-10(14)15-9-11(12,4-2)8-13/h8H,3-7,9,12H2,1-2H3. The highest BCUT2D eigenvalue weighted by Crippen LogP contribution is 2.06. The number of hydrogen-bond acceptors (Lipinski definition) is 4. The third-order valence-corrected chi connectivity index (χ3v) is 2.38. The van der Waals surface area contributed by atoms with Gasteiger partial charge in [0.1, 0.15) is 18.4 Å². The molecule has 4 heteroatoms. The first-order valence-electron chi connectivity index (χ1n) is 5.48. The molecule has 0 aliphatic carbocycles. The lowest BCUT2D eigenvalue weighted by molar-refractivity contribution is -0.146. The molecule has 0 radical (unpaired) electrons. The summed E-state index contributed by atoms with van der Waals surface area (Å²) in [4.78, 5) is 21.8. The lowest BCUT2D eigenvalue weighted by atomic mass is 10.0. The predicted molar refractivity (Wildman–Crippen MR) is 58.4 cm³/mol. The van der Waals surface area contributed by atoms with E-state index in [1.165, 1.54) is 0 Å². The quantitative estimate of drug-likeness (QED) is 0.377. The number of hydrogen-bond donors (Lipinski definition) is 1. The van der Waals surface area contributed by atoms with Crippen molar-refractivity contribution in [2.45, 2.75) is 51.5 Å². The van der Waals surface area contributed by atoms with Crippen molar-refractivity contribution in [1.29, 1.82) is 0 Å². The molecule has 4 nitrogen and oxygen atoms in total. The maximum absolute atomic E-state index is 11.2. The molecule has 0 bridgehead atoms. The first kappa shape index (κ1) is 14.1. The zero-order valence-corrected chi connectivity index (χ0v) is 9.62. The van der Waals surface area contributed by atoms with Crippen molar-refractivity contribution in [3.8, 4) is 0 Å². The van der Waals surface area contributed by atoms with Gasteiger partial charge in [-0.05, 0) is 12.8 Å². The second-order valence-corrected chi connectivity index (χ2v) is 3.82. The smallest absolute Gasteiger partial charge is 0.305 e. The van der Waals surface area contributed by atoms with Gasteiger partial charge in [-0.15, -0.1) is 0 Å². The van der Waals surface area contributed by atoms with E-state index in [0.717, 1.165) is 19.3 Å². The van der Waals surface area contributed by atoms with Crippen molar-refractivity contribution in [3.63, 3.8) is 0 Å². The van der Waals surface area contributed by atoms with Gasteiger partial charge in [-0.25, -0.2) is 0 Å². The monoisotopic (exact) mass is 215 g/mol. The number of carbonyl (C=O) groups excluding carboxylic acids is 2. The van der Waals surface area contributed by atoms with Gasteiger partial charge in [0.15, 0.2) is 0 Å². The molecule has 1 unspecified atom stereocenters. The van der Waals surface area contributed by atoms with E-state index in [1.807, 2.05) is 0 Å². The molecule has 1 atom stereocenters. The SMILES string of the molecule is CCCCCC(=O)OCC(N)(C=O)CC. The van der Waals surface area contributed by atoms with Gasteiger partial charge in [0, 0.05) is 6.42 Å². The van der Waals surface area contributed by atoms with Crippen LogP contribution in [0, 0.1) is 0 Å². The normalized spacial score (nSPS) is 14.3. The predicted octanol–water partition coefficient (Wildman–Crippen LogP) is 1.42. The van der Waals surface area contributed by atoms with Crippen LogP contribution in [0.1, 0.15) is 46.0 Å². The molecule has 0 heterocycles. The van der Waals surface area contributed by atoms with Crippen LogP contribution in [0.4, 0.5) is 0 Å². The summed E-state index contributed by atoms with van der Waals surface area (Å²) in [6.45, 7) is 3.84. The number of ether oxygens (including phenoxy) is 1. The second-order valence-electron chi connectivity index (χ2n) is 3.82. The van der Waals surface area contributed by atoms with E-state index in [4.69, 9.17) is 10.5 Å². The Balaban J connectivity index is 3.74. The Morgan fingerprint density at radius 1 is 1.40 bits per heavy atom. The van der Waals surface area contributed by atoms with E-state index in [0.29, 0.717) is 19.1 Å². The van der Waals surface area contributed by atoms with Crippen LogP contribution >= 0.6 is 0 Å². The van der Waals surface area contributed by atoms with Crippen molar-refractivity contribution >= 4 is 12.3 Å². The van der Waals surface area contributed by atoms with Gasteiger partial charge in [0.25, 0.3) is 0 Å². The maximum Gasteiger partial charge on any atom is 0.305 e. The van der Waals surface area contributed by atoms with Crippen molar-refractivity contribution in [2.75, 3.05) is 6.61 Å². The molecular weight excluding hydrogens is 194 g/mol. The Morgan fingerprint density at radius 2 is 2.07 bits per heavy atom. The minimum Gasteiger partial charge on any atom is -0.463 e. The highest BCUT2D eigenvalue weighted by atomic mass is 16.5. The number of carbonyl (C=O) groups is 2. The van der Waals surface area contributed by atoms with Crippen LogP contribution in [-0.2, 0) is 14.3 Å². The Kier molecular flexibility index (Phi) is 6.96. The van der Waals surface area contributed by atoms with Gasteiger partial charge in [-0.3, -0.25) is 4.79 Å². The largest absolute Gasteiger partial charge is 0.463 e. The van der Waals surface area contributed by atoms with E-state index in [9.17, 15) is 9.59 Å². The summed E-state index contributed by atoms with van der Waals surface area (Å²) in [7, 11) is 0. The zero-order valence-electron chi connectivity index (χ0n) is 9.62. The Bertz CT molecular complexity index is 206. The minimum absolute atomic E-state index is 0.0159. The summed E-state index contributed by atoms with van der Waals surface area (Å²) in [5.74, 6) is -0.270. The van der Waals surface area contributed by atoms with Crippen LogP contribution in [0.3, 0.4) is 0 Å². The number of rotatable bonds is 8. The second kappa shape index (κ2) is 7.40. The van der Waals surface area contributed by atoms with E-state index >= 15 is 0 Å². The topological polar surface area (TPSA) is 69.4 Å². The molecule has 0 spiro atoms. The van der Waals surface area contributed by atoms with Gasteiger partial charge in [0.2, 0.25) is 0 Å². The molecule has 2 N–H and O–H groups in total. The lowest BCUT2D eigenvalue weighted by Crippen LogP contribution is -2.46. The summed E-state index contributed by atoms with van der Waals surface area (Å²) in [6, 6.07) is 0.